The van der Waals surface area contributed by atoms with E-state index in [-0.39, 0.29) is 17.2 Å². The normalized spacial score (nSPS) is 11.8. The number of Topliss-reactive ketones (excluding diaryl/α,β-unsaturated/α-hetero) is 1. The predicted molar refractivity (Wildman–Crippen MR) is 77.3 cm³/mol. The van der Waals surface area contributed by atoms with Crippen molar-refractivity contribution in [2.75, 3.05) is 19.8 Å². The monoisotopic (exact) mass is 299 g/mol. The van der Waals surface area contributed by atoms with Gasteiger partial charge in [0, 0.05) is 18.7 Å². The third-order valence-electron chi connectivity index (χ3n) is 2.56. The molecular formula is C14H21NO4S. The number of hydrogen-bond acceptors (Lipinski definition) is 4. The Hall–Kier alpha value is -1.24. The van der Waals surface area contributed by atoms with Crippen LogP contribution in [0.5, 0.6) is 0 Å². The Balaban J connectivity index is 2.54. The maximum atomic E-state index is 12.0. The molecule has 0 saturated heterocycles. The molecule has 0 aromatic heterocycles. The maximum absolute atomic E-state index is 12.0. The highest BCUT2D eigenvalue weighted by atomic mass is 32.2. The molecule has 0 spiro atoms. The zero-order chi connectivity index (χ0) is 15.2. The van der Waals surface area contributed by atoms with Crippen molar-refractivity contribution in [2.45, 2.75) is 25.7 Å². The fourth-order valence-electron chi connectivity index (χ4n) is 1.52. The number of carbonyl (C=O) groups excluding carboxylic acids is 1. The molecule has 0 bridgehead atoms. The Morgan fingerprint density at radius 1 is 1.25 bits per heavy atom. The van der Waals surface area contributed by atoms with E-state index in [0.29, 0.717) is 24.7 Å². The van der Waals surface area contributed by atoms with Gasteiger partial charge in [0.25, 0.3) is 0 Å². The fourth-order valence-corrected chi connectivity index (χ4v) is 2.53. The minimum absolute atomic E-state index is 0.0935. The van der Waals surface area contributed by atoms with E-state index in [0.717, 1.165) is 0 Å². The van der Waals surface area contributed by atoms with Gasteiger partial charge in [0.1, 0.15) is 0 Å². The van der Waals surface area contributed by atoms with Crippen molar-refractivity contribution in [3.05, 3.63) is 29.8 Å². The van der Waals surface area contributed by atoms with Gasteiger partial charge in [-0.3, -0.25) is 4.79 Å². The first-order chi connectivity index (χ1) is 9.33. The molecule has 1 aromatic rings. The molecule has 20 heavy (non-hydrogen) atoms. The summed E-state index contributed by atoms with van der Waals surface area (Å²) in [6.07, 6.45) is 0. The Morgan fingerprint density at radius 3 is 2.35 bits per heavy atom. The predicted octanol–water partition coefficient (Wildman–Crippen LogP) is 1.84. The lowest BCUT2D eigenvalue weighted by molar-refractivity contribution is 0.101. The number of ether oxygens (including phenoxy) is 1. The highest BCUT2D eigenvalue weighted by Crippen LogP contribution is 2.10. The second-order valence-corrected chi connectivity index (χ2v) is 6.71. The van der Waals surface area contributed by atoms with Crippen molar-refractivity contribution in [3.63, 3.8) is 0 Å². The number of rotatable bonds is 8. The maximum Gasteiger partial charge on any atom is 0.240 e. The van der Waals surface area contributed by atoms with Crippen LogP contribution >= 0.6 is 0 Å². The second-order valence-electron chi connectivity index (χ2n) is 4.95. The van der Waals surface area contributed by atoms with Crippen LogP contribution in [0, 0.1) is 5.92 Å². The standard InChI is InChI=1S/C14H21NO4S/c1-11(2)10-19-9-8-15-20(17,18)14-6-4-13(5-7-14)12(3)16/h4-7,11,15H,8-10H2,1-3H3. The van der Waals surface area contributed by atoms with E-state index in [1.807, 2.05) is 13.8 Å². The number of nitrogens with one attached hydrogen (secondary N) is 1. The third kappa shape index (κ3) is 5.40. The molecule has 0 atom stereocenters. The second kappa shape index (κ2) is 7.52. The molecule has 0 aliphatic carbocycles. The highest BCUT2D eigenvalue weighted by molar-refractivity contribution is 7.89. The van der Waals surface area contributed by atoms with E-state index >= 15 is 0 Å². The smallest absolute Gasteiger partial charge is 0.240 e. The van der Waals surface area contributed by atoms with Gasteiger partial charge in [0.15, 0.2) is 5.78 Å². The van der Waals surface area contributed by atoms with Crippen LogP contribution in [0.15, 0.2) is 29.2 Å². The lowest BCUT2D eigenvalue weighted by Crippen LogP contribution is -2.27. The molecule has 5 nitrogen and oxygen atoms in total. The van der Waals surface area contributed by atoms with Gasteiger partial charge in [-0.2, -0.15) is 0 Å². The van der Waals surface area contributed by atoms with E-state index < -0.39 is 10.0 Å². The molecule has 0 unspecified atom stereocenters. The van der Waals surface area contributed by atoms with Crippen molar-refractivity contribution < 1.29 is 17.9 Å². The SMILES string of the molecule is CC(=O)c1ccc(S(=O)(=O)NCCOCC(C)C)cc1. The molecule has 0 aliphatic rings. The summed E-state index contributed by atoms with van der Waals surface area (Å²) in [5.41, 5.74) is 0.490. The highest BCUT2D eigenvalue weighted by Gasteiger charge is 2.13. The minimum Gasteiger partial charge on any atom is -0.380 e. The molecule has 0 saturated carbocycles. The fraction of sp³-hybridized carbons (Fsp3) is 0.500. The van der Waals surface area contributed by atoms with Gasteiger partial charge in [-0.05, 0) is 25.0 Å². The summed E-state index contributed by atoms with van der Waals surface area (Å²) in [7, 11) is -3.54. The Morgan fingerprint density at radius 2 is 1.85 bits per heavy atom. The van der Waals surface area contributed by atoms with Gasteiger partial charge in [-0.15, -0.1) is 0 Å². The first kappa shape index (κ1) is 16.8. The molecule has 112 valence electrons. The third-order valence-corrected chi connectivity index (χ3v) is 4.04. The topological polar surface area (TPSA) is 72.5 Å². The number of sulfonamides is 1. The van der Waals surface area contributed by atoms with E-state index in [2.05, 4.69) is 4.72 Å². The van der Waals surface area contributed by atoms with E-state index in [1.54, 1.807) is 0 Å². The van der Waals surface area contributed by atoms with Gasteiger partial charge in [-0.25, -0.2) is 13.1 Å². The summed E-state index contributed by atoms with van der Waals surface area (Å²) in [5, 5.41) is 0. The van der Waals surface area contributed by atoms with Crippen LogP contribution in [0.1, 0.15) is 31.1 Å². The molecule has 0 amide bonds. The first-order valence-corrected chi connectivity index (χ1v) is 7.99. The summed E-state index contributed by atoms with van der Waals surface area (Å²) in [5.74, 6) is 0.328. The average molecular weight is 299 g/mol. The summed E-state index contributed by atoms with van der Waals surface area (Å²) in [6.45, 7) is 6.66. The Kier molecular flexibility index (Phi) is 6.32. The van der Waals surface area contributed by atoms with Crippen LogP contribution in [-0.2, 0) is 14.8 Å². The van der Waals surface area contributed by atoms with Crippen LogP contribution in [-0.4, -0.2) is 34.0 Å². The van der Waals surface area contributed by atoms with Crippen molar-refractivity contribution in [1.29, 1.82) is 0 Å². The Labute approximate surface area is 120 Å². The quantitative estimate of drug-likeness (QED) is 0.587. The van der Waals surface area contributed by atoms with E-state index in [1.165, 1.54) is 31.2 Å². The van der Waals surface area contributed by atoms with Crippen LogP contribution in [0.4, 0.5) is 0 Å². The first-order valence-electron chi connectivity index (χ1n) is 6.51. The van der Waals surface area contributed by atoms with Crippen LogP contribution in [0.3, 0.4) is 0 Å². The van der Waals surface area contributed by atoms with E-state index in [9.17, 15) is 13.2 Å². The largest absolute Gasteiger partial charge is 0.380 e. The molecule has 1 aromatic carbocycles. The molecule has 1 rings (SSSR count). The van der Waals surface area contributed by atoms with Crippen LogP contribution in [0.25, 0.3) is 0 Å². The molecule has 0 fully saturated rings. The van der Waals surface area contributed by atoms with Gasteiger partial charge in [0.05, 0.1) is 11.5 Å². The van der Waals surface area contributed by atoms with Crippen LogP contribution < -0.4 is 4.72 Å². The lowest BCUT2D eigenvalue weighted by Gasteiger charge is -2.09. The van der Waals surface area contributed by atoms with Gasteiger partial charge in [0.2, 0.25) is 10.0 Å². The summed E-state index contributed by atoms with van der Waals surface area (Å²) in [6, 6.07) is 5.86. The zero-order valence-electron chi connectivity index (χ0n) is 12.0. The van der Waals surface area contributed by atoms with Gasteiger partial charge >= 0.3 is 0 Å². The molecule has 0 heterocycles. The molecule has 6 heteroatoms. The van der Waals surface area contributed by atoms with Gasteiger partial charge < -0.3 is 4.74 Å². The van der Waals surface area contributed by atoms with Gasteiger partial charge in [-0.1, -0.05) is 26.0 Å². The molecular weight excluding hydrogens is 278 g/mol. The van der Waals surface area contributed by atoms with E-state index in [4.69, 9.17) is 4.74 Å². The molecule has 0 radical (unpaired) electrons. The zero-order valence-corrected chi connectivity index (χ0v) is 12.9. The van der Waals surface area contributed by atoms with Crippen molar-refractivity contribution in [1.82, 2.24) is 4.72 Å². The minimum atomic E-state index is -3.54. The van der Waals surface area contributed by atoms with Crippen molar-refractivity contribution in [2.24, 2.45) is 5.92 Å². The molecule has 0 aliphatic heterocycles. The van der Waals surface area contributed by atoms with Crippen LogP contribution in [0.2, 0.25) is 0 Å². The summed E-state index contributed by atoms with van der Waals surface area (Å²) < 4.78 is 31.7. The summed E-state index contributed by atoms with van der Waals surface area (Å²) in [4.78, 5) is 11.3. The average Bonchev–Trinajstić information content (AvgIpc) is 2.38. The Bertz CT molecular complexity index is 535. The summed E-state index contributed by atoms with van der Waals surface area (Å²) >= 11 is 0. The van der Waals surface area contributed by atoms with Crippen molar-refractivity contribution in [3.8, 4) is 0 Å². The van der Waals surface area contributed by atoms with Crippen molar-refractivity contribution >= 4 is 15.8 Å². The number of ketones is 1. The molecule has 1 N–H and O–H groups in total. The lowest BCUT2D eigenvalue weighted by atomic mass is 10.2. The number of carbonyl (C=O) groups is 1. The number of hydrogen-bond donors (Lipinski definition) is 1. The number of benzene rings is 1.